The van der Waals surface area contributed by atoms with E-state index in [1.165, 1.54) is 11.3 Å². The lowest BCUT2D eigenvalue weighted by Gasteiger charge is -2.00. The van der Waals surface area contributed by atoms with Crippen LogP contribution < -0.4 is 5.32 Å². The molecule has 0 bridgehead atoms. The van der Waals surface area contributed by atoms with E-state index < -0.39 is 0 Å². The van der Waals surface area contributed by atoms with E-state index in [0.717, 1.165) is 14.6 Å². The van der Waals surface area contributed by atoms with Gasteiger partial charge in [0, 0.05) is 10.0 Å². The molecule has 2 aromatic rings. The summed E-state index contributed by atoms with van der Waals surface area (Å²) in [6, 6.07) is 7.16. The van der Waals surface area contributed by atoms with Gasteiger partial charge in [-0.05, 0) is 30.0 Å². The Bertz CT molecular complexity index is 541. The molecular weight excluding hydrogens is 334 g/mol. The topological polar surface area (TPSA) is 54.9 Å². The number of halogens is 1. The molecule has 1 aromatic carbocycles. The van der Waals surface area contributed by atoms with Crippen molar-refractivity contribution in [1.82, 2.24) is 10.2 Å². The summed E-state index contributed by atoms with van der Waals surface area (Å²) in [4.78, 5) is 11.9. The van der Waals surface area contributed by atoms with Crippen molar-refractivity contribution in [3.8, 4) is 0 Å². The van der Waals surface area contributed by atoms with Crippen molar-refractivity contribution in [3.05, 3.63) is 34.3 Å². The van der Waals surface area contributed by atoms with Crippen LogP contribution >= 0.6 is 39.0 Å². The minimum absolute atomic E-state index is 0.174. The molecule has 0 saturated carbocycles. The van der Waals surface area contributed by atoms with E-state index in [2.05, 4.69) is 31.4 Å². The van der Waals surface area contributed by atoms with E-state index in [1.54, 1.807) is 23.9 Å². The number of nitrogens with one attached hydrogen (secondary N) is 1. The Hall–Kier alpha value is -0.920. The maximum absolute atomic E-state index is 11.9. The van der Waals surface area contributed by atoms with Gasteiger partial charge in [0.25, 0.3) is 5.91 Å². The van der Waals surface area contributed by atoms with Gasteiger partial charge in [-0.1, -0.05) is 46.0 Å². The summed E-state index contributed by atoms with van der Waals surface area (Å²) >= 11 is 6.32. The molecule has 1 heterocycles. The maximum atomic E-state index is 11.9. The summed E-state index contributed by atoms with van der Waals surface area (Å²) in [7, 11) is 0. The van der Waals surface area contributed by atoms with E-state index in [4.69, 9.17) is 0 Å². The Balaban J connectivity index is 2.04. The number of carbonyl (C=O) groups excluding carboxylic acids is 1. The molecule has 1 amide bonds. The SMILES string of the molecule is CCSc1nnc(NC(=O)c2ccc(Br)cc2)s1. The first-order valence-electron chi connectivity index (χ1n) is 5.22. The zero-order valence-corrected chi connectivity index (χ0v) is 12.7. The molecular formula is C11H10BrN3OS2. The van der Waals surface area contributed by atoms with Crippen LogP contribution in [0.2, 0.25) is 0 Å². The first kappa shape index (κ1) is 13.5. The van der Waals surface area contributed by atoms with Crippen molar-refractivity contribution < 1.29 is 4.79 Å². The van der Waals surface area contributed by atoms with Gasteiger partial charge in [-0.3, -0.25) is 10.1 Å². The third-order valence-electron chi connectivity index (χ3n) is 2.00. The fraction of sp³-hybridized carbons (Fsp3) is 0.182. The lowest BCUT2D eigenvalue weighted by atomic mass is 10.2. The molecule has 0 fully saturated rings. The monoisotopic (exact) mass is 343 g/mol. The van der Waals surface area contributed by atoms with Gasteiger partial charge < -0.3 is 0 Å². The van der Waals surface area contributed by atoms with Crippen molar-refractivity contribution in [2.75, 3.05) is 11.1 Å². The fourth-order valence-electron chi connectivity index (χ4n) is 1.21. The molecule has 2 rings (SSSR count). The van der Waals surface area contributed by atoms with Crippen molar-refractivity contribution in [3.63, 3.8) is 0 Å². The van der Waals surface area contributed by atoms with Crippen LogP contribution in [-0.4, -0.2) is 21.9 Å². The predicted molar refractivity (Wildman–Crippen MR) is 78.4 cm³/mol. The van der Waals surface area contributed by atoms with Crippen LogP contribution in [0.25, 0.3) is 0 Å². The van der Waals surface area contributed by atoms with Gasteiger partial charge in [0.15, 0.2) is 4.34 Å². The largest absolute Gasteiger partial charge is 0.296 e. The molecule has 0 aliphatic rings. The molecule has 0 spiro atoms. The molecule has 0 atom stereocenters. The Morgan fingerprint density at radius 1 is 1.39 bits per heavy atom. The molecule has 1 aromatic heterocycles. The summed E-state index contributed by atoms with van der Waals surface area (Å²) in [5.41, 5.74) is 0.595. The lowest BCUT2D eigenvalue weighted by Crippen LogP contribution is -2.11. The van der Waals surface area contributed by atoms with Gasteiger partial charge in [-0.15, -0.1) is 10.2 Å². The first-order chi connectivity index (χ1) is 8.69. The van der Waals surface area contributed by atoms with Gasteiger partial charge in [-0.25, -0.2) is 0 Å². The molecule has 0 aliphatic carbocycles. The Morgan fingerprint density at radius 3 is 2.78 bits per heavy atom. The number of hydrogen-bond acceptors (Lipinski definition) is 5. The van der Waals surface area contributed by atoms with Crippen molar-refractivity contribution >= 4 is 50.1 Å². The highest BCUT2D eigenvalue weighted by Gasteiger charge is 2.09. The quantitative estimate of drug-likeness (QED) is 0.679. The number of rotatable bonds is 4. The zero-order valence-electron chi connectivity index (χ0n) is 9.51. The average Bonchev–Trinajstić information content (AvgIpc) is 2.78. The number of benzene rings is 1. The Labute approximate surface area is 121 Å². The molecule has 18 heavy (non-hydrogen) atoms. The van der Waals surface area contributed by atoms with Crippen molar-refractivity contribution in [2.24, 2.45) is 0 Å². The van der Waals surface area contributed by atoms with E-state index in [0.29, 0.717) is 10.7 Å². The highest BCUT2D eigenvalue weighted by atomic mass is 79.9. The third-order valence-corrected chi connectivity index (χ3v) is 4.38. The van der Waals surface area contributed by atoms with Gasteiger partial charge in [-0.2, -0.15) is 0 Å². The number of nitrogens with zero attached hydrogens (tertiary/aromatic N) is 2. The third kappa shape index (κ3) is 3.54. The second kappa shape index (κ2) is 6.31. The number of carbonyl (C=O) groups is 1. The molecule has 1 N–H and O–H groups in total. The summed E-state index contributed by atoms with van der Waals surface area (Å²) in [6.45, 7) is 2.05. The molecule has 4 nitrogen and oxygen atoms in total. The normalized spacial score (nSPS) is 10.3. The highest BCUT2D eigenvalue weighted by Crippen LogP contribution is 2.25. The number of amides is 1. The van der Waals surface area contributed by atoms with Crippen LogP contribution in [0.3, 0.4) is 0 Å². The van der Waals surface area contributed by atoms with E-state index in [1.807, 2.05) is 19.1 Å². The van der Waals surface area contributed by atoms with Crippen LogP contribution in [0.1, 0.15) is 17.3 Å². The van der Waals surface area contributed by atoms with Gasteiger partial charge in [0.2, 0.25) is 5.13 Å². The highest BCUT2D eigenvalue weighted by molar-refractivity contribution is 9.10. The maximum Gasteiger partial charge on any atom is 0.257 e. The number of thioether (sulfide) groups is 1. The lowest BCUT2D eigenvalue weighted by molar-refractivity contribution is 0.102. The van der Waals surface area contributed by atoms with Gasteiger partial charge >= 0.3 is 0 Å². The minimum atomic E-state index is -0.174. The summed E-state index contributed by atoms with van der Waals surface area (Å²) in [5.74, 6) is 0.765. The number of hydrogen-bond donors (Lipinski definition) is 1. The molecule has 0 aliphatic heterocycles. The van der Waals surface area contributed by atoms with Crippen LogP contribution in [0, 0.1) is 0 Å². The van der Waals surface area contributed by atoms with Crippen molar-refractivity contribution in [1.29, 1.82) is 0 Å². The summed E-state index contributed by atoms with van der Waals surface area (Å²) < 4.78 is 1.81. The second-order valence-corrected chi connectivity index (χ2v) is 6.67. The van der Waals surface area contributed by atoms with E-state index in [-0.39, 0.29) is 5.91 Å². The summed E-state index contributed by atoms with van der Waals surface area (Å²) in [5, 5.41) is 11.2. The molecule has 0 radical (unpaired) electrons. The smallest absolute Gasteiger partial charge is 0.257 e. The van der Waals surface area contributed by atoms with Crippen LogP contribution in [0.15, 0.2) is 33.1 Å². The van der Waals surface area contributed by atoms with Crippen molar-refractivity contribution in [2.45, 2.75) is 11.3 Å². The molecule has 0 unspecified atom stereocenters. The minimum Gasteiger partial charge on any atom is -0.296 e. The first-order valence-corrected chi connectivity index (χ1v) is 7.81. The van der Waals surface area contributed by atoms with Crippen LogP contribution in [0.5, 0.6) is 0 Å². The van der Waals surface area contributed by atoms with E-state index >= 15 is 0 Å². The Morgan fingerprint density at radius 2 is 2.11 bits per heavy atom. The standard InChI is InChI=1S/C11H10BrN3OS2/c1-2-17-11-15-14-10(18-11)13-9(16)7-3-5-8(12)6-4-7/h3-6H,2H2,1H3,(H,13,14,16). The molecule has 94 valence electrons. The average molecular weight is 344 g/mol. The van der Waals surface area contributed by atoms with Gasteiger partial charge in [0.05, 0.1) is 0 Å². The second-order valence-electron chi connectivity index (χ2n) is 3.27. The zero-order chi connectivity index (χ0) is 13.0. The molecule has 0 saturated heterocycles. The fourth-order valence-corrected chi connectivity index (χ4v) is 3.12. The summed E-state index contributed by atoms with van der Waals surface area (Å²) in [6.07, 6.45) is 0. The van der Waals surface area contributed by atoms with Crippen LogP contribution in [0.4, 0.5) is 5.13 Å². The van der Waals surface area contributed by atoms with Gasteiger partial charge in [0.1, 0.15) is 0 Å². The predicted octanol–water partition coefficient (Wildman–Crippen LogP) is 3.66. The van der Waals surface area contributed by atoms with Crippen LogP contribution in [-0.2, 0) is 0 Å². The van der Waals surface area contributed by atoms with E-state index in [9.17, 15) is 4.79 Å². The Kier molecular flexibility index (Phi) is 4.73. The number of aromatic nitrogens is 2. The molecule has 7 heteroatoms. The number of anilines is 1.